The minimum Gasteiger partial charge on any atom is -0.309 e. The molecular weight excluding hydrogens is 633 g/mol. The summed E-state index contributed by atoms with van der Waals surface area (Å²) >= 11 is 0. The van der Waals surface area contributed by atoms with Gasteiger partial charge in [-0.25, -0.2) is 4.98 Å². The van der Waals surface area contributed by atoms with Crippen LogP contribution in [0.15, 0.2) is 170 Å². The molecule has 0 amide bonds. The zero-order chi connectivity index (χ0) is 33.9. The molecule has 4 heterocycles. The van der Waals surface area contributed by atoms with Crippen molar-refractivity contribution in [1.29, 1.82) is 0 Å². The maximum Gasteiger partial charge on any atom is 0.138 e. The van der Waals surface area contributed by atoms with E-state index in [2.05, 4.69) is 167 Å². The summed E-state index contributed by atoms with van der Waals surface area (Å²) in [5, 5.41) is 9.89. The number of fused-ring (bicyclic) bond motifs is 11. The molecular formula is C48H28N4. The maximum absolute atomic E-state index is 5.08. The molecule has 0 fully saturated rings. The van der Waals surface area contributed by atoms with Gasteiger partial charge in [0.25, 0.3) is 0 Å². The second kappa shape index (κ2) is 10.3. The van der Waals surface area contributed by atoms with E-state index < -0.39 is 0 Å². The van der Waals surface area contributed by atoms with E-state index in [1.54, 1.807) is 0 Å². The van der Waals surface area contributed by atoms with E-state index in [1.165, 1.54) is 76.4 Å². The Balaban J connectivity index is 1.07. The Morgan fingerprint density at radius 1 is 0.385 bits per heavy atom. The molecule has 7 aromatic carbocycles. The number of benzene rings is 7. The summed E-state index contributed by atoms with van der Waals surface area (Å²) in [5.41, 5.74) is 12.8. The number of hydrogen-bond donors (Lipinski definition) is 0. The van der Waals surface area contributed by atoms with Crippen LogP contribution in [-0.4, -0.2) is 19.1 Å². The number of pyridine rings is 2. The fourth-order valence-electron chi connectivity index (χ4n) is 8.86. The molecule has 52 heavy (non-hydrogen) atoms. The Bertz CT molecular complexity index is 3290. The minimum atomic E-state index is 0.907. The molecule has 240 valence electrons. The molecule has 11 aromatic rings. The molecule has 0 saturated heterocycles. The van der Waals surface area contributed by atoms with Crippen LogP contribution in [-0.2, 0) is 0 Å². The quantitative estimate of drug-likeness (QED) is 0.189. The Morgan fingerprint density at radius 2 is 1.10 bits per heavy atom. The van der Waals surface area contributed by atoms with Crippen LogP contribution in [0.25, 0.3) is 110 Å². The third-order valence-electron chi connectivity index (χ3n) is 11.1. The van der Waals surface area contributed by atoms with Gasteiger partial charge in [0, 0.05) is 50.6 Å². The third kappa shape index (κ3) is 3.70. The molecule has 1 aliphatic rings. The standard InChI is InChI=1S/C48H28N4/c1-2-11-33(12-3-1)51-43-21-19-32(26-39(43)47-34-13-5-4-9-29(34)17-22-44(47)51)31-18-20-42-38(25-31)35-14-6-7-16-41(35)52(42)45-27-37-36-15-8-10-30-23-24-49-48(46(30)36)40(37)28-50-45/h1-28H. The van der Waals surface area contributed by atoms with Gasteiger partial charge in [-0.1, -0.05) is 97.1 Å². The lowest BCUT2D eigenvalue weighted by Gasteiger charge is -2.10. The molecule has 4 heteroatoms. The van der Waals surface area contributed by atoms with E-state index in [0.29, 0.717) is 0 Å². The van der Waals surface area contributed by atoms with Crippen LogP contribution >= 0.6 is 0 Å². The monoisotopic (exact) mass is 660 g/mol. The number of nitrogens with zero attached hydrogens (tertiary/aromatic N) is 4. The summed E-state index contributed by atoms with van der Waals surface area (Å²) in [4.78, 5) is 9.85. The fourth-order valence-corrected chi connectivity index (χ4v) is 8.86. The summed E-state index contributed by atoms with van der Waals surface area (Å²) in [5.74, 6) is 0.907. The predicted molar refractivity (Wildman–Crippen MR) is 216 cm³/mol. The number of aromatic nitrogens is 4. The van der Waals surface area contributed by atoms with Crippen LogP contribution in [0, 0.1) is 0 Å². The summed E-state index contributed by atoms with van der Waals surface area (Å²) in [6.07, 6.45) is 3.91. The van der Waals surface area contributed by atoms with Crippen LogP contribution in [0.1, 0.15) is 0 Å². The molecule has 0 saturated carbocycles. The van der Waals surface area contributed by atoms with Crippen molar-refractivity contribution in [2.75, 3.05) is 0 Å². The molecule has 4 aromatic heterocycles. The predicted octanol–water partition coefficient (Wildman–Crippen LogP) is 12.3. The molecule has 0 N–H and O–H groups in total. The van der Waals surface area contributed by atoms with E-state index >= 15 is 0 Å². The van der Waals surface area contributed by atoms with Crippen LogP contribution in [0.5, 0.6) is 0 Å². The fraction of sp³-hybridized carbons (Fsp3) is 0. The zero-order valence-electron chi connectivity index (χ0n) is 28.0. The SMILES string of the molecule is c1ccc(-n2c3ccc(-c4ccc5c(c4)c4ccccc4n5-c4cc5c(cn4)-c4nccc6cccc-5c46)cc3c3c4ccccc4ccc32)cc1. The van der Waals surface area contributed by atoms with Crippen molar-refractivity contribution in [2.45, 2.75) is 0 Å². The first-order valence-corrected chi connectivity index (χ1v) is 17.7. The van der Waals surface area contributed by atoms with E-state index in [-0.39, 0.29) is 0 Å². The summed E-state index contributed by atoms with van der Waals surface area (Å²) in [6, 6.07) is 57.3. The molecule has 0 radical (unpaired) electrons. The van der Waals surface area contributed by atoms with Crippen molar-refractivity contribution in [3.63, 3.8) is 0 Å². The van der Waals surface area contributed by atoms with Crippen molar-refractivity contribution in [1.82, 2.24) is 19.1 Å². The first kappa shape index (κ1) is 27.7. The lowest BCUT2D eigenvalue weighted by molar-refractivity contribution is 1.08. The number of rotatable bonds is 3. The molecule has 4 nitrogen and oxygen atoms in total. The van der Waals surface area contributed by atoms with Gasteiger partial charge in [-0.15, -0.1) is 0 Å². The highest BCUT2D eigenvalue weighted by molar-refractivity contribution is 6.22. The molecule has 12 rings (SSSR count). The Morgan fingerprint density at radius 3 is 1.98 bits per heavy atom. The van der Waals surface area contributed by atoms with E-state index in [9.17, 15) is 0 Å². The highest BCUT2D eigenvalue weighted by atomic mass is 15.1. The smallest absolute Gasteiger partial charge is 0.138 e. The number of hydrogen-bond acceptors (Lipinski definition) is 2. The van der Waals surface area contributed by atoms with Crippen molar-refractivity contribution in [3.05, 3.63) is 170 Å². The third-order valence-corrected chi connectivity index (χ3v) is 11.1. The minimum absolute atomic E-state index is 0.907. The first-order valence-electron chi connectivity index (χ1n) is 17.7. The van der Waals surface area contributed by atoms with Crippen LogP contribution in [0.3, 0.4) is 0 Å². The molecule has 0 unspecified atom stereocenters. The second-order valence-electron chi connectivity index (χ2n) is 13.8. The Hall–Kier alpha value is -7.04. The number of para-hydroxylation sites is 2. The van der Waals surface area contributed by atoms with Gasteiger partial charge in [0.15, 0.2) is 0 Å². The maximum atomic E-state index is 5.08. The lowest BCUT2D eigenvalue weighted by Crippen LogP contribution is -1.98. The van der Waals surface area contributed by atoms with Gasteiger partial charge in [0.1, 0.15) is 5.82 Å². The normalized spacial score (nSPS) is 12.2. The average Bonchev–Trinajstić information content (AvgIpc) is 3.84. The largest absolute Gasteiger partial charge is 0.309 e. The van der Waals surface area contributed by atoms with Gasteiger partial charge in [-0.05, 0) is 99.1 Å². The first-order chi connectivity index (χ1) is 25.8. The van der Waals surface area contributed by atoms with Gasteiger partial charge in [0.2, 0.25) is 0 Å². The van der Waals surface area contributed by atoms with Crippen molar-refractivity contribution in [2.24, 2.45) is 0 Å². The van der Waals surface area contributed by atoms with Crippen molar-refractivity contribution < 1.29 is 0 Å². The molecule has 0 aliphatic heterocycles. The topological polar surface area (TPSA) is 35.6 Å². The van der Waals surface area contributed by atoms with Crippen molar-refractivity contribution >= 4 is 65.2 Å². The van der Waals surface area contributed by atoms with Crippen LogP contribution < -0.4 is 0 Å². The summed E-state index contributed by atoms with van der Waals surface area (Å²) in [7, 11) is 0. The van der Waals surface area contributed by atoms with E-state index in [4.69, 9.17) is 9.97 Å². The van der Waals surface area contributed by atoms with Gasteiger partial charge in [0.05, 0.1) is 27.8 Å². The highest BCUT2D eigenvalue weighted by Gasteiger charge is 2.24. The van der Waals surface area contributed by atoms with Crippen molar-refractivity contribution in [3.8, 4) is 45.0 Å². The molecule has 1 aliphatic carbocycles. The van der Waals surface area contributed by atoms with Gasteiger partial charge < -0.3 is 4.57 Å². The average molecular weight is 661 g/mol. The lowest BCUT2D eigenvalue weighted by atomic mass is 9.99. The molecule has 0 spiro atoms. The Kier molecular flexibility index (Phi) is 5.47. The van der Waals surface area contributed by atoms with E-state index in [0.717, 1.165) is 33.8 Å². The summed E-state index contributed by atoms with van der Waals surface area (Å²) < 4.78 is 4.71. The molecule has 0 atom stereocenters. The van der Waals surface area contributed by atoms with Gasteiger partial charge >= 0.3 is 0 Å². The van der Waals surface area contributed by atoms with Crippen LogP contribution in [0.4, 0.5) is 0 Å². The molecule has 0 bridgehead atoms. The Labute approximate surface area is 298 Å². The van der Waals surface area contributed by atoms with Crippen LogP contribution in [0.2, 0.25) is 0 Å². The highest BCUT2D eigenvalue weighted by Crippen LogP contribution is 2.47. The summed E-state index contributed by atoms with van der Waals surface area (Å²) in [6.45, 7) is 0. The van der Waals surface area contributed by atoms with E-state index in [1.807, 2.05) is 12.4 Å². The van der Waals surface area contributed by atoms with Gasteiger partial charge in [-0.3, -0.25) is 9.55 Å². The zero-order valence-corrected chi connectivity index (χ0v) is 28.0. The second-order valence-corrected chi connectivity index (χ2v) is 13.8. The van der Waals surface area contributed by atoms with Gasteiger partial charge in [-0.2, -0.15) is 0 Å².